The molecule has 84 valence electrons. The second-order valence-corrected chi connectivity index (χ2v) is 4.51. The van der Waals surface area contributed by atoms with E-state index >= 15 is 0 Å². The van der Waals surface area contributed by atoms with Gasteiger partial charge in [-0.05, 0) is 38.9 Å². The molecule has 1 saturated heterocycles. The van der Waals surface area contributed by atoms with Gasteiger partial charge in [0.1, 0.15) is 0 Å². The number of hydrogen-bond donors (Lipinski definition) is 2. The first-order valence-corrected chi connectivity index (χ1v) is 5.71. The summed E-state index contributed by atoms with van der Waals surface area (Å²) in [4.78, 5) is 2.42. The van der Waals surface area contributed by atoms with Crippen LogP contribution in [0.15, 0.2) is 12.4 Å². The van der Waals surface area contributed by atoms with Crippen LogP contribution in [0.5, 0.6) is 0 Å². The Morgan fingerprint density at radius 1 is 1.67 bits per heavy atom. The maximum atomic E-state index is 3.93. The van der Waals surface area contributed by atoms with Gasteiger partial charge in [0.15, 0.2) is 0 Å². The van der Waals surface area contributed by atoms with Crippen LogP contribution in [0.25, 0.3) is 0 Å². The molecule has 0 amide bonds. The molecule has 1 aromatic heterocycles. The van der Waals surface area contributed by atoms with Gasteiger partial charge in [0.25, 0.3) is 0 Å². The van der Waals surface area contributed by atoms with Gasteiger partial charge in [0, 0.05) is 24.8 Å². The lowest BCUT2D eigenvalue weighted by Crippen LogP contribution is -2.37. The molecule has 0 radical (unpaired) electrons. The van der Waals surface area contributed by atoms with Gasteiger partial charge in [0.05, 0.1) is 6.20 Å². The minimum absolute atomic E-state index is 0.815. The number of aromatic amines is 1. The lowest BCUT2D eigenvalue weighted by atomic mass is 9.98. The molecular formula is C11H20N4. The standard InChI is InChI=1S/C11H20N4/c1-15-4-2-3-10(9-15)5-12-6-11-7-13-14-8-11/h7-8,10,12H,2-6,9H2,1H3,(H,13,14). The Morgan fingerprint density at radius 2 is 2.60 bits per heavy atom. The Balaban J connectivity index is 1.65. The van der Waals surface area contributed by atoms with Crippen LogP contribution in [0, 0.1) is 5.92 Å². The number of nitrogens with zero attached hydrogens (tertiary/aromatic N) is 2. The summed E-state index contributed by atoms with van der Waals surface area (Å²) in [7, 11) is 2.21. The van der Waals surface area contributed by atoms with Crippen LogP contribution in [0.4, 0.5) is 0 Å². The monoisotopic (exact) mass is 208 g/mol. The molecule has 0 bridgehead atoms. The molecule has 1 aliphatic rings. The third-order valence-corrected chi connectivity index (χ3v) is 3.04. The fraction of sp³-hybridized carbons (Fsp3) is 0.727. The molecule has 15 heavy (non-hydrogen) atoms. The Morgan fingerprint density at radius 3 is 3.33 bits per heavy atom. The predicted molar refractivity (Wildman–Crippen MR) is 60.5 cm³/mol. The first-order chi connectivity index (χ1) is 7.34. The van der Waals surface area contributed by atoms with Gasteiger partial charge in [-0.3, -0.25) is 5.10 Å². The molecule has 2 rings (SSSR count). The van der Waals surface area contributed by atoms with Crippen molar-refractivity contribution in [3.8, 4) is 0 Å². The molecule has 4 nitrogen and oxygen atoms in total. The SMILES string of the molecule is CN1CCCC(CNCc2cn[nH]c2)C1. The topological polar surface area (TPSA) is 44.0 Å². The molecule has 0 spiro atoms. The highest BCUT2D eigenvalue weighted by molar-refractivity contribution is 5.01. The molecule has 0 aromatic carbocycles. The first-order valence-electron chi connectivity index (χ1n) is 5.71. The fourth-order valence-corrected chi connectivity index (χ4v) is 2.23. The van der Waals surface area contributed by atoms with Crippen LogP contribution in [0.1, 0.15) is 18.4 Å². The van der Waals surface area contributed by atoms with E-state index in [2.05, 4.69) is 27.5 Å². The summed E-state index contributed by atoms with van der Waals surface area (Å²) < 4.78 is 0. The van der Waals surface area contributed by atoms with Crippen LogP contribution in [-0.4, -0.2) is 41.8 Å². The van der Waals surface area contributed by atoms with Crippen LogP contribution in [-0.2, 0) is 6.54 Å². The highest BCUT2D eigenvalue weighted by atomic mass is 15.1. The second kappa shape index (κ2) is 5.28. The first kappa shape index (κ1) is 10.6. The van der Waals surface area contributed by atoms with Crippen molar-refractivity contribution in [1.82, 2.24) is 20.4 Å². The molecule has 1 aromatic rings. The lowest BCUT2D eigenvalue weighted by Gasteiger charge is -2.29. The molecule has 0 aliphatic carbocycles. The molecular weight excluding hydrogens is 188 g/mol. The highest BCUT2D eigenvalue weighted by Gasteiger charge is 2.16. The van der Waals surface area contributed by atoms with E-state index in [1.54, 1.807) is 0 Å². The van der Waals surface area contributed by atoms with E-state index < -0.39 is 0 Å². The molecule has 1 unspecified atom stereocenters. The van der Waals surface area contributed by atoms with Crippen molar-refractivity contribution in [1.29, 1.82) is 0 Å². The van der Waals surface area contributed by atoms with Crippen molar-refractivity contribution in [3.63, 3.8) is 0 Å². The Bertz CT molecular complexity index is 270. The van der Waals surface area contributed by atoms with Crippen LogP contribution < -0.4 is 5.32 Å². The van der Waals surface area contributed by atoms with Gasteiger partial charge in [-0.15, -0.1) is 0 Å². The summed E-state index contributed by atoms with van der Waals surface area (Å²) in [6.45, 7) is 4.54. The zero-order chi connectivity index (χ0) is 10.5. The van der Waals surface area contributed by atoms with Gasteiger partial charge in [-0.25, -0.2) is 0 Å². The molecule has 1 atom stereocenters. The normalized spacial score (nSPS) is 23.1. The van der Waals surface area contributed by atoms with Crippen molar-refractivity contribution in [2.24, 2.45) is 5.92 Å². The Labute approximate surface area is 91.1 Å². The Hall–Kier alpha value is -0.870. The van der Waals surface area contributed by atoms with Gasteiger partial charge in [0.2, 0.25) is 0 Å². The van der Waals surface area contributed by atoms with E-state index in [0.717, 1.165) is 19.0 Å². The molecule has 0 saturated carbocycles. The third-order valence-electron chi connectivity index (χ3n) is 3.04. The average molecular weight is 208 g/mol. The van der Waals surface area contributed by atoms with Gasteiger partial charge in [-0.2, -0.15) is 5.10 Å². The van der Waals surface area contributed by atoms with Crippen LogP contribution >= 0.6 is 0 Å². The number of likely N-dealkylation sites (tertiary alicyclic amines) is 1. The minimum Gasteiger partial charge on any atom is -0.312 e. The predicted octanol–water partition coefficient (Wildman–Crippen LogP) is 0.841. The van der Waals surface area contributed by atoms with Crippen molar-refractivity contribution in [3.05, 3.63) is 18.0 Å². The summed E-state index contributed by atoms with van der Waals surface area (Å²) in [6.07, 6.45) is 6.53. The number of rotatable bonds is 4. The highest BCUT2D eigenvalue weighted by Crippen LogP contribution is 2.13. The summed E-state index contributed by atoms with van der Waals surface area (Å²) in [6, 6.07) is 0. The number of piperidine rings is 1. The molecule has 2 N–H and O–H groups in total. The summed E-state index contributed by atoms with van der Waals surface area (Å²) >= 11 is 0. The smallest absolute Gasteiger partial charge is 0.0532 e. The quantitative estimate of drug-likeness (QED) is 0.770. The fourth-order valence-electron chi connectivity index (χ4n) is 2.23. The molecule has 1 aliphatic heterocycles. The van der Waals surface area contributed by atoms with Crippen LogP contribution in [0.2, 0.25) is 0 Å². The summed E-state index contributed by atoms with van der Waals surface area (Å²) in [5.74, 6) is 0.815. The zero-order valence-corrected chi connectivity index (χ0v) is 9.37. The summed E-state index contributed by atoms with van der Waals surface area (Å²) in [5.41, 5.74) is 1.24. The summed E-state index contributed by atoms with van der Waals surface area (Å²) in [5, 5.41) is 10.2. The minimum atomic E-state index is 0.815. The van der Waals surface area contributed by atoms with E-state index in [4.69, 9.17) is 0 Å². The van der Waals surface area contributed by atoms with Gasteiger partial charge < -0.3 is 10.2 Å². The average Bonchev–Trinajstić information content (AvgIpc) is 2.71. The maximum Gasteiger partial charge on any atom is 0.0532 e. The van der Waals surface area contributed by atoms with Crippen LogP contribution in [0.3, 0.4) is 0 Å². The van der Waals surface area contributed by atoms with E-state index in [-0.39, 0.29) is 0 Å². The number of aromatic nitrogens is 2. The number of H-pyrrole nitrogens is 1. The van der Waals surface area contributed by atoms with Gasteiger partial charge in [-0.1, -0.05) is 0 Å². The Kier molecular flexibility index (Phi) is 3.75. The molecule has 2 heterocycles. The number of nitrogens with one attached hydrogen (secondary N) is 2. The lowest BCUT2D eigenvalue weighted by molar-refractivity contribution is 0.206. The van der Waals surface area contributed by atoms with Crippen molar-refractivity contribution in [2.75, 3.05) is 26.7 Å². The van der Waals surface area contributed by atoms with E-state index in [0.29, 0.717) is 0 Å². The number of hydrogen-bond acceptors (Lipinski definition) is 3. The van der Waals surface area contributed by atoms with E-state index in [1.807, 2.05) is 12.4 Å². The van der Waals surface area contributed by atoms with E-state index in [1.165, 1.54) is 31.5 Å². The molecule has 1 fully saturated rings. The van der Waals surface area contributed by atoms with Gasteiger partial charge >= 0.3 is 0 Å². The third kappa shape index (κ3) is 3.32. The van der Waals surface area contributed by atoms with E-state index in [9.17, 15) is 0 Å². The largest absolute Gasteiger partial charge is 0.312 e. The maximum absolute atomic E-state index is 3.93. The van der Waals surface area contributed by atoms with Crippen molar-refractivity contribution in [2.45, 2.75) is 19.4 Å². The van der Waals surface area contributed by atoms with Crippen molar-refractivity contribution < 1.29 is 0 Å². The van der Waals surface area contributed by atoms with Crippen molar-refractivity contribution >= 4 is 0 Å². The second-order valence-electron chi connectivity index (χ2n) is 4.51. The zero-order valence-electron chi connectivity index (χ0n) is 9.37. The molecule has 4 heteroatoms.